The van der Waals surface area contributed by atoms with Crippen LogP contribution in [0.4, 0.5) is 11.4 Å². The summed E-state index contributed by atoms with van der Waals surface area (Å²) < 4.78 is 1.42. The van der Waals surface area contributed by atoms with Gasteiger partial charge in [0, 0.05) is 29.1 Å². The number of nitro groups is 1. The third-order valence-electron chi connectivity index (χ3n) is 3.32. The number of nitrogens with one attached hydrogen (secondary N) is 1. The minimum atomic E-state index is -0.486. The molecule has 2 heterocycles. The zero-order chi connectivity index (χ0) is 17.1. The summed E-state index contributed by atoms with van der Waals surface area (Å²) >= 11 is 0. The van der Waals surface area contributed by atoms with Crippen molar-refractivity contribution in [3.63, 3.8) is 0 Å². The first-order chi connectivity index (χ1) is 11.5. The molecule has 1 N–H and O–H groups in total. The maximum atomic E-state index is 12.3. The second-order valence-corrected chi connectivity index (χ2v) is 4.96. The lowest BCUT2D eigenvalue weighted by molar-refractivity contribution is -0.385. The van der Waals surface area contributed by atoms with Gasteiger partial charge in [0.05, 0.1) is 4.92 Å². The molecule has 24 heavy (non-hydrogen) atoms. The number of carbonyl (C=O) groups is 1. The highest BCUT2D eigenvalue weighted by molar-refractivity contribution is 6.04. The predicted molar refractivity (Wildman–Crippen MR) is 84.9 cm³/mol. The minimum Gasteiger partial charge on any atom is -0.322 e. The summed E-state index contributed by atoms with van der Waals surface area (Å²) in [6.07, 6.45) is 4.30. The van der Waals surface area contributed by atoms with E-state index in [2.05, 4.69) is 20.4 Å². The van der Waals surface area contributed by atoms with Crippen molar-refractivity contribution in [3.05, 3.63) is 70.4 Å². The van der Waals surface area contributed by atoms with Crippen LogP contribution >= 0.6 is 0 Å². The summed E-state index contributed by atoms with van der Waals surface area (Å²) in [4.78, 5) is 30.8. The molecule has 0 unspecified atom stereocenters. The van der Waals surface area contributed by atoms with Crippen LogP contribution in [0.3, 0.4) is 0 Å². The molecular weight excluding hydrogens is 312 g/mol. The van der Waals surface area contributed by atoms with E-state index in [4.69, 9.17) is 0 Å². The normalized spacial score (nSPS) is 10.4. The van der Waals surface area contributed by atoms with Crippen LogP contribution in [0.15, 0.2) is 49.2 Å². The Kier molecular flexibility index (Phi) is 3.98. The molecule has 0 aliphatic rings. The summed E-state index contributed by atoms with van der Waals surface area (Å²) in [7, 11) is 0. The predicted octanol–water partition coefficient (Wildman–Crippen LogP) is 2.13. The Bertz CT molecular complexity index is 907. The van der Waals surface area contributed by atoms with Gasteiger partial charge in [-0.15, -0.1) is 0 Å². The van der Waals surface area contributed by atoms with Gasteiger partial charge in [-0.05, 0) is 25.1 Å². The summed E-state index contributed by atoms with van der Waals surface area (Å²) in [5.74, 6) is 0.0342. The number of nitrogens with zero attached hydrogens (tertiary/aromatic N) is 5. The van der Waals surface area contributed by atoms with Crippen molar-refractivity contribution in [2.45, 2.75) is 6.92 Å². The van der Waals surface area contributed by atoms with Crippen LogP contribution in [0.1, 0.15) is 15.9 Å². The van der Waals surface area contributed by atoms with E-state index >= 15 is 0 Å². The van der Waals surface area contributed by atoms with Crippen molar-refractivity contribution in [2.75, 3.05) is 5.32 Å². The molecule has 9 heteroatoms. The summed E-state index contributed by atoms with van der Waals surface area (Å²) in [5, 5.41) is 17.6. The van der Waals surface area contributed by atoms with E-state index < -0.39 is 10.8 Å². The Morgan fingerprint density at radius 3 is 2.83 bits per heavy atom. The molecule has 0 atom stereocenters. The number of aromatic nitrogens is 4. The van der Waals surface area contributed by atoms with Gasteiger partial charge in [0.2, 0.25) is 0 Å². The molecule has 1 aromatic carbocycles. The van der Waals surface area contributed by atoms with Crippen LogP contribution in [-0.4, -0.2) is 30.6 Å². The molecule has 0 aliphatic carbocycles. The summed E-state index contributed by atoms with van der Waals surface area (Å²) in [6.45, 7) is 1.64. The fourth-order valence-electron chi connectivity index (χ4n) is 2.10. The lowest BCUT2D eigenvalue weighted by atomic mass is 10.1. The largest absolute Gasteiger partial charge is 0.322 e. The molecule has 0 fully saturated rings. The topological polar surface area (TPSA) is 116 Å². The highest BCUT2D eigenvalue weighted by Gasteiger charge is 2.14. The Morgan fingerprint density at radius 1 is 1.29 bits per heavy atom. The first-order valence-electron chi connectivity index (χ1n) is 6.92. The molecule has 1 amide bonds. The van der Waals surface area contributed by atoms with E-state index in [0.29, 0.717) is 22.6 Å². The molecule has 3 aromatic rings. The van der Waals surface area contributed by atoms with E-state index in [9.17, 15) is 14.9 Å². The van der Waals surface area contributed by atoms with Crippen LogP contribution in [0, 0.1) is 17.0 Å². The van der Waals surface area contributed by atoms with Crippen molar-refractivity contribution in [2.24, 2.45) is 0 Å². The Morgan fingerprint density at radius 2 is 2.12 bits per heavy atom. The first-order valence-corrected chi connectivity index (χ1v) is 6.92. The second-order valence-electron chi connectivity index (χ2n) is 4.96. The van der Waals surface area contributed by atoms with Crippen LogP contribution in [0.2, 0.25) is 0 Å². The minimum absolute atomic E-state index is 0.0502. The maximum absolute atomic E-state index is 12.3. The molecule has 3 rings (SSSR count). The number of anilines is 1. The average molecular weight is 324 g/mol. The molecule has 0 bridgehead atoms. The van der Waals surface area contributed by atoms with E-state index in [-0.39, 0.29) is 5.69 Å². The van der Waals surface area contributed by atoms with Crippen molar-refractivity contribution in [1.82, 2.24) is 19.7 Å². The number of hydrogen-bond donors (Lipinski definition) is 1. The second kappa shape index (κ2) is 6.24. The fourth-order valence-corrected chi connectivity index (χ4v) is 2.10. The molecule has 9 nitrogen and oxygen atoms in total. The Balaban J connectivity index is 1.84. The molecule has 0 radical (unpaired) electrons. The van der Waals surface area contributed by atoms with Gasteiger partial charge in [-0.1, -0.05) is 6.07 Å². The highest BCUT2D eigenvalue weighted by atomic mass is 16.6. The van der Waals surface area contributed by atoms with Crippen LogP contribution in [-0.2, 0) is 0 Å². The molecule has 0 saturated carbocycles. The SMILES string of the molecule is Cc1ccc(NC(=O)c2ccnc(-n3cncn3)c2)cc1[N+](=O)[O-]. The number of amides is 1. The first kappa shape index (κ1) is 15.3. The number of pyridine rings is 1. The van der Waals surface area contributed by atoms with Crippen LogP contribution in [0.25, 0.3) is 5.82 Å². The fraction of sp³-hybridized carbons (Fsp3) is 0.0667. The van der Waals surface area contributed by atoms with E-state index in [1.54, 1.807) is 31.2 Å². The maximum Gasteiger partial charge on any atom is 0.274 e. The number of nitro benzene ring substituents is 1. The lowest BCUT2D eigenvalue weighted by Crippen LogP contribution is -2.13. The third-order valence-corrected chi connectivity index (χ3v) is 3.32. The highest BCUT2D eigenvalue weighted by Crippen LogP contribution is 2.22. The molecule has 0 aliphatic heterocycles. The van der Waals surface area contributed by atoms with Gasteiger partial charge in [0.1, 0.15) is 12.7 Å². The summed E-state index contributed by atoms with van der Waals surface area (Å²) in [6, 6.07) is 7.61. The quantitative estimate of drug-likeness (QED) is 0.580. The van der Waals surface area contributed by atoms with Crippen LogP contribution < -0.4 is 5.32 Å². The number of benzene rings is 1. The van der Waals surface area contributed by atoms with Gasteiger partial charge < -0.3 is 5.32 Å². The molecule has 2 aromatic heterocycles. The van der Waals surface area contributed by atoms with Gasteiger partial charge in [-0.2, -0.15) is 5.10 Å². The van der Waals surface area contributed by atoms with E-state index in [1.165, 1.54) is 29.6 Å². The number of carbonyl (C=O) groups excluding carboxylic acids is 1. The standard InChI is InChI=1S/C15H12N6O3/c1-10-2-3-12(7-13(10)21(23)24)19-15(22)11-4-5-17-14(6-11)20-9-16-8-18-20/h2-9H,1H3,(H,19,22). The van der Waals surface area contributed by atoms with Crippen molar-refractivity contribution in [3.8, 4) is 5.82 Å². The molecule has 120 valence electrons. The number of rotatable bonds is 4. The Labute approximate surface area is 136 Å². The number of aryl methyl sites for hydroxylation is 1. The van der Waals surface area contributed by atoms with Crippen LogP contribution in [0.5, 0.6) is 0 Å². The third kappa shape index (κ3) is 3.09. The molecule has 0 spiro atoms. The van der Waals surface area contributed by atoms with E-state index in [0.717, 1.165) is 0 Å². The van der Waals surface area contributed by atoms with Crippen molar-refractivity contribution < 1.29 is 9.72 Å². The Hall–Kier alpha value is -3.62. The van der Waals surface area contributed by atoms with Gasteiger partial charge in [-0.25, -0.2) is 14.6 Å². The van der Waals surface area contributed by atoms with E-state index in [1.807, 2.05) is 0 Å². The lowest BCUT2D eigenvalue weighted by Gasteiger charge is -2.07. The van der Waals surface area contributed by atoms with Crippen molar-refractivity contribution >= 4 is 17.3 Å². The number of hydrogen-bond acceptors (Lipinski definition) is 6. The van der Waals surface area contributed by atoms with Crippen molar-refractivity contribution in [1.29, 1.82) is 0 Å². The monoisotopic (exact) mass is 324 g/mol. The zero-order valence-electron chi connectivity index (χ0n) is 12.6. The zero-order valence-corrected chi connectivity index (χ0v) is 12.6. The van der Waals surface area contributed by atoms with Gasteiger partial charge >= 0.3 is 0 Å². The smallest absolute Gasteiger partial charge is 0.274 e. The summed E-state index contributed by atoms with van der Waals surface area (Å²) in [5.41, 5.74) is 1.16. The average Bonchev–Trinajstić information content (AvgIpc) is 3.11. The van der Waals surface area contributed by atoms with Gasteiger partial charge in [-0.3, -0.25) is 14.9 Å². The molecular formula is C15H12N6O3. The van der Waals surface area contributed by atoms with Gasteiger partial charge in [0.15, 0.2) is 5.82 Å². The van der Waals surface area contributed by atoms with Gasteiger partial charge in [0.25, 0.3) is 11.6 Å². The molecule has 0 saturated heterocycles.